The summed E-state index contributed by atoms with van der Waals surface area (Å²) in [5, 5.41) is 3.43. The first-order valence-electron chi connectivity index (χ1n) is 5.72. The molecule has 2 aromatic heterocycles. The minimum atomic E-state index is 0.661. The van der Waals surface area contributed by atoms with Crippen LogP contribution in [0.1, 0.15) is 0 Å². The fourth-order valence-corrected chi connectivity index (χ4v) is 2.81. The number of fused-ring (bicyclic) bond motifs is 2. The summed E-state index contributed by atoms with van der Waals surface area (Å²) in [7, 11) is 0. The highest BCUT2D eigenvalue weighted by Gasteiger charge is 2.42. The summed E-state index contributed by atoms with van der Waals surface area (Å²) in [6.45, 7) is 3.41. The Balaban J connectivity index is 1.71. The molecule has 4 heteroatoms. The van der Waals surface area contributed by atoms with E-state index in [4.69, 9.17) is 4.42 Å². The molecule has 0 bridgehead atoms. The Bertz CT molecular complexity index is 536. The Labute approximate surface area is 93.2 Å². The average Bonchev–Trinajstić information content (AvgIpc) is 2.85. The second-order valence-electron chi connectivity index (χ2n) is 4.64. The maximum Gasteiger partial charge on any atom is 0.154 e. The zero-order valence-electron chi connectivity index (χ0n) is 8.89. The quantitative estimate of drug-likeness (QED) is 0.777. The second kappa shape index (κ2) is 2.98. The molecule has 82 valence electrons. The van der Waals surface area contributed by atoms with E-state index in [0.717, 1.165) is 36.7 Å². The smallest absolute Gasteiger partial charge is 0.154 e. The Morgan fingerprint density at radius 2 is 2.44 bits per heavy atom. The zero-order valence-corrected chi connectivity index (χ0v) is 8.89. The molecule has 0 aliphatic carbocycles. The number of nitrogens with one attached hydrogen (secondary N) is 1. The third-order valence-corrected chi connectivity index (χ3v) is 3.76. The van der Waals surface area contributed by atoms with Crippen molar-refractivity contribution in [2.45, 2.75) is 6.04 Å². The van der Waals surface area contributed by atoms with Crippen LogP contribution in [0.2, 0.25) is 0 Å². The van der Waals surface area contributed by atoms with Crippen LogP contribution in [-0.4, -0.2) is 30.7 Å². The van der Waals surface area contributed by atoms with Crippen molar-refractivity contribution in [1.82, 2.24) is 10.3 Å². The summed E-state index contributed by atoms with van der Waals surface area (Å²) in [6.07, 6.45) is 3.64. The van der Waals surface area contributed by atoms with Gasteiger partial charge in [-0.1, -0.05) is 0 Å². The molecular weight excluding hydrogens is 202 g/mol. The summed E-state index contributed by atoms with van der Waals surface area (Å²) in [5.74, 6) is 0.826. The molecule has 2 atom stereocenters. The topological polar surface area (TPSA) is 41.3 Å². The van der Waals surface area contributed by atoms with Gasteiger partial charge in [0.05, 0.1) is 18.1 Å². The molecule has 0 spiro atoms. The van der Waals surface area contributed by atoms with Crippen molar-refractivity contribution in [2.24, 2.45) is 5.92 Å². The number of rotatable bonds is 1. The van der Waals surface area contributed by atoms with Crippen molar-refractivity contribution >= 4 is 16.8 Å². The standard InChI is InChI=1S/C12H13N3O/c1-2-16-12-3-9(5-14-10(1)12)15-7-8-4-13-6-11(8)15/h1-3,5,8,11,13H,4,6-7H2/t8-,11-/m0/s1. The maximum absolute atomic E-state index is 5.38. The number of nitrogens with zero attached hydrogens (tertiary/aromatic N) is 2. The molecule has 4 nitrogen and oxygen atoms in total. The van der Waals surface area contributed by atoms with Crippen molar-refractivity contribution in [3.8, 4) is 0 Å². The Morgan fingerprint density at radius 3 is 3.38 bits per heavy atom. The molecule has 4 rings (SSSR count). The highest BCUT2D eigenvalue weighted by molar-refractivity contribution is 5.76. The van der Waals surface area contributed by atoms with Crippen molar-refractivity contribution in [2.75, 3.05) is 24.5 Å². The molecule has 0 unspecified atom stereocenters. The summed E-state index contributed by atoms with van der Waals surface area (Å²) in [5.41, 5.74) is 3.00. The van der Waals surface area contributed by atoms with Gasteiger partial charge >= 0.3 is 0 Å². The molecule has 4 heterocycles. The van der Waals surface area contributed by atoms with E-state index >= 15 is 0 Å². The number of hydrogen-bond acceptors (Lipinski definition) is 4. The van der Waals surface area contributed by atoms with Gasteiger partial charge in [0.1, 0.15) is 5.52 Å². The van der Waals surface area contributed by atoms with Crippen molar-refractivity contribution in [3.05, 3.63) is 24.6 Å². The molecule has 0 saturated carbocycles. The van der Waals surface area contributed by atoms with Gasteiger partial charge in [-0.3, -0.25) is 4.98 Å². The fraction of sp³-hybridized carbons (Fsp3) is 0.417. The van der Waals surface area contributed by atoms with Gasteiger partial charge in [-0.05, 0) is 0 Å². The van der Waals surface area contributed by atoms with E-state index in [0.29, 0.717) is 6.04 Å². The van der Waals surface area contributed by atoms with Gasteiger partial charge in [0.15, 0.2) is 5.58 Å². The van der Waals surface area contributed by atoms with Gasteiger partial charge in [0.25, 0.3) is 0 Å². The predicted molar refractivity (Wildman–Crippen MR) is 61.5 cm³/mol. The monoisotopic (exact) mass is 215 g/mol. The van der Waals surface area contributed by atoms with E-state index in [1.165, 1.54) is 5.69 Å². The number of furan rings is 1. The Kier molecular flexibility index (Phi) is 1.60. The molecular formula is C12H13N3O. The lowest BCUT2D eigenvalue weighted by Gasteiger charge is -2.45. The zero-order chi connectivity index (χ0) is 10.5. The summed E-state index contributed by atoms with van der Waals surface area (Å²) >= 11 is 0. The maximum atomic E-state index is 5.38. The van der Waals surface area contributed by atoms with Crippen LogP contribution in [-0.2, 0) is 0 Å². The fourth-order valence-electron chi connectivity index (χ4n) is 2.81. The third kappa shape index (κ3) is 1.05. The van der Waals surface area contributed by atoms with Gasteiger partial charge in [-0.25, -0.2) is 0 Å². The van der Waals surface area contributed by atoms with Gasteiger partial charge in [0, 0.05) is 43.7 Å². The summed E-state index contributed by atoms with van der Waals surface area (Å²) < 4.78 is 5.38. The molecule has 2 aliphatic rings. The molecule has 0 radical (unpaired) electrons. The minimum Gasteiger partial charge on any atom is -0.463 e. The average molecular weight is 215 g/mol. The first-order valence-corrected chi connectivity index (χ1v) is 5.72. The van der Waals surface area contributed by atoms with Gasteiger partial charge in [-0.15, -0.1) is 0 Å². The number of anilines is 1. The molecule has 2 aliphatic heterocycles. The molecule has 16 heavy (non-hydrogen) atoms. The third-order valence-electron chi connectivity index (χ3n) is 3.76. The van der Waals surface area contributed by atoms with Crippen LogP contribution < -0.4 is 10.2 Å². The molecule has 2 fully saturated rings. The van der Waals surface area contributed by atoms with Crippen molar-refractivity contribution in [3.63, 3.8) is 0 Å². The molecule has 2 saturated heterocycles. The molecule has 2 aromatic rings. The number of aromatic nitrogens is 1. The molecule has 1 N–H and O–H groups in total. The largest absolute Gasteiger partial charge is 0.463 e. The normalized spacial score (nSPS) is 28.1. The summed E-state index contributed by atoms with van der Waals surface area (Å²) in [6, 6.07) is 4.65. The molecule has 0 amide bonds. The van der Waals surface area contributed by atoms with Crippen molar-refractivity contribution in [1.29, 1.82) is 0 Å². The number of hydrogen-bond donors (Lipinski definition) is 1. The Morgan fingerprint density at radius 1 is 1.44 bits per heavy atom. The SMILES string of the molecule is c1cc2ncc(N3C[C@@H]4CNC[C@@H]43)cc2o1. The van der Waals surface area contributed by atoms with E-state index in [1.54, 1.807) is 6.26 Å². The van der Waals surface area contributed by atoms with E-state index < -0.39 is 0 Å². The first kappa shape index (κ1) is 8.58. The first-order chi connectivity index (χ1) is 7.92. The van der Waals surface area contributed by atoms with Crippen molar-refractivity contribution < 1.29 is 4.42 Å². The van der Waals surface area contributed by atoms with Crippen LogP contribution in [0.15, 0.2) is 29.0 Å². The van der Waals surface area contributed by atoms with Crippen LogP contribution in [0.25, 0.3) is 11.1 Å². The highest BCUT2D eigenvalue weighted by atomic mass is 16.3. The summed E-state index contributed by atoms with van der Waals surface area (Å²) in [4.78, 5) is 6.82. The van der Waals surface area contributed by atoms with Crippen LogP contribution in [0, 0.1) is 5.92 Å². The van der Waals surface area contributed by atoms with Crippen LogP contribution in [0.4, 0.5) is 5.69 Å². The van der Waals surface area contributed by atoms with E-state index in [-0.39, 0.29) is 0 Å². The van der Waals surface area contributed by atoms with Gasteiger partial charge < -0.3 is 14.6 Å². The second-order valence-corrected chi connectivity index (χ2v) is 4.64. The van der Waals surface area contributed by atoms with Gasteiger partial charge in [-0.2, -0.15) is 0 Å². The highest BCUT2D eigenvalue weighted by Crippen LogP contribution is 2.33. The van der Waals surface area contributed by atoms with E-state index in [1.807, 2.05) is 12.3 Å². The minimum absolute atomic E-state index is 0.661. The lowest BCUT2D eigenvalue weighted by molar-refractivity contribution is 0.365. The lowest BCUT2D eigenvalue weighted by atomic mass is 9.91. The lowest BCUT2D eigenvalue weighted by Crippen LogP contribution is -2.55. The van der Waals surface area contributed by atoms with Crippen LogP contribution in [0.3, 0.4) is 0 Å². The molecule has 0 aromatic carbocycles. The van der Waals surface area contributed by atoms with Gasteiger partial charge in [0.2, 0.25) is 0 Å². The van der Waals surface area contributed by atoms with Crippen LogP contribution >= 0.6 is 0 Å². The van der Waals surface area contributed by atoms with Crippen LogP contribution in [0.5, 0.6) is 0 Å². The number of pyridine rings is 1. The predicted octanol–water partition coefficient (Wildman–Crippen LogP) is 1.24. The van der Waals surface area contributed by atoms with E-state index in [9.17, 15) is 0 Å². The van der Waals surface area contributed by atoms with E-state index in [2.05, 4.69) is 21.3 Å². The Hall–Kier alpha value is -1.55.